The summed E-state index contributed by atoms with van der Waals surface area (Å²) in [6, 6.07) is 0. The van der Waals surface area contributed by atoms with Gasteiger partial charge in [0.15, 0.2) is 0 Å². The predicted molar refractivity (Wildman–Crippen MR) is 63.8 cm³/mol. The number of nitrogen functional groups attached to an aromatic ring is 1. The van der Waals surface area contributed by atoms with Crippen LogP contribution in [0.1, 0.15) is 19.8 Å². The first-order valence-electron chi connectivity index (χ1n) is 5.54. The average molecular weight is 247 g/mol. The Hall–Kier alpha value is -2.29. The molecule has 1 aliphatic rings. The van der Waals surface area contributed by atoms with Gasteiger partial charge in [0.25, 0.3) is 5.95 Å². The predicted octanol–water partition coefficient (Wildman–Crippen LogP) is -0.298. The molecule has 0 amide bonds. The molecule has 18 heavy (non-hydrogen) atoms. The van der Waals surface area contributed by atoms with Gasteiger partial charge in [-0.15, -0.1) is 0 Å². The number of hydrogen-bond donors (Lipinski definition) is 3. The highest BCUT2D eigenvalue weighted by atomic mass is 15.4. The number of nitrogens with two attached hydrogens (primary N) is 1. The van der Waals surface area contributed by atoms with E-state index in [1.807, 2.05) is 0 Å². The maximum atomic E-state index is 5.34. The molecule has 4 N–H and O–H groups in total. The number of anilines is 2. The molecule has 0 radical (unpaired) electrons. The van der Waals surface area contributed by atoms with Crippen LogP contribution in [0.4, 0.5) is 11.9 Å². The van der Waals surface area contributed by atoms with Gasteiger partial charge in [-0.05, 0) is 19.8 Å². The lowest BCUT2D eigenvalue weighted by molar-refractivity contribution is 0.769. The molecule has 0 atom stereocenters. The fourth-order valence-electron chi connectivity index (χ4n) is 1.48. The van der Waals surface area contributed by atoms with Crippen LogP contribution in [0.2, 0.25) is 0 Å². The van der Waals surface area contributed by atoms with Crippen molar-refractivity contribution in [3.63, 3.8) is 0 Å². The molecular formula is C9H13N9. The van der Waals surface area contributed by atoms with Gasteiger partial charge in [0.05, 0.1) is 0 Å². The van der Waals surface area contributed by atoms with Crippen LogP contribution >= 0.6 is 0 Å². The molecule has 1 saturated carbocycles. The molecule has 9 nitrogen and oxygen atoms in total. The molecule has 1 fully saturated rings. The lowest BCUT2D eigenvalue weighted by Crippen LogP contribution is -2.21. The number of hydrogen-bond acceptors (Lipinski definition) is 8. The topological polar surface area (TPSA) is 119 Å². The summed E-state index contributed by atoms with van der Waals surface area (Å²) in [5.41, 5.74) is 2.49. The summed E-state index contributed by atoms with van der Waals surface area (Å²) in [7, 11) is 0. The summed E-state index contributed by atoms with van der Waals surface area (Å²) in [6.45, 7) is 2.11. The van der Waals surface area contributed by atoms with E-state index >= 15 is 0 Å². The number of rotatable bonds is 4. The number of aromatic nitrogens is 6. The van der Waals surface area contributed by atoms with Crippen LogP contribution in [0.3, 0.4) is 0 Å². The molecule has 2 aromatic rings. The quantitative estimate of drug-likeness (QED) is 0.497. The Balaban J connectivity index is 1.96. The third-order valence-corrected chi connectivity index (χ3v) is 2.79. The van der Waals surface area contributed by atoms with Gasteiger partial charge in [-0.25, -0.2) is 10.8 Å². The number of nitrogens with zero attached hydrogens (tertiary/aromatic N) is 6. The van der Waals surface area contributed by atoms with Crippen molar-refractivity contribution in [1.82, 2.24) is 29.7 Å². The minimum absolute atomic E-state index is 0.0762. The van der Waals surface area contributed by atoms with E-state index in [9.17, 15) is 0 Å². The smallest absolute Gasteiger partial charge is 0.258 e. The Morgan fingerprint density at radius 1 is 1.28 bits per heavy atom. The first kappa shape index (κ1) is 10.8. The summed E-state index contributed by atoms with van der Waals surface area (Å²) < 4.78 is 1.45. The molecular weight excluding hydrogens is 234 g/mol. The van der Waals surface area contributed by atoms with Gasteiger partial charge in [0, 0.05) is 5.54 Å². The van der Waals surface area contributed by atoms with Crippen LogP contribution in [0.15, 0.2) is 12.7 Å². The maximum Gasteiger partial charge on any atom is 0.258 e. The van der Waals surface area contributed by atoms with Crippen molar-refractivity contribution in [2.75, 3.05) is 10.7 Å². The van der Waals surface area contributed by atoms with E-state index in [1.54, 1.807) is 0 Å². The first-order valence-corrected chi connectivity index (χ1v) is 5.54. The third-order valence-electron chi connectivity index (χ3n) is 2.79. The summed E-state index contributed by atoms with van der Waals surface area (Å²) in [5.74, 6) is 6.46. The number of nitrogens with one attached hydrogen (secondary N) is 2. The largest absolute Gasteiger partial charge is 0.349 e. The SMILES string of the molecule is CC1(Nc2nc(NN)nc(-n3cncn3)n2)CC1. The second-order valence-electron chi connectivity index (χ2n) is 4.45. The van der Waals surface area contributed by atoms with Gasteiger partial charge < -0.3 is 5.32 Å². The van der Waals surface area contributed by atoms with E-state index < -0.39 is 0 Å². The molecule has 0 spiro atoms. The van der Waals surface area contributed by atoms with Gasteiger partial charge in [0.1, 0.15) is 12.7 Å². The minimum Gasteiger partial charge on any atom is -0.349 e. The first-order chi connectivity index (χ1) is 8.68. The molecule has 2 aromatic heterocycles. The normalized spacial score (nSPS) is 16.3. The van der Waals surface area contributed by atoms with Crippen LogP contribution in [-0.2, 0) is 0 Å². The lowest BCUT2D eigenvalue weighted by Gasteiger charge is -2.12. The molecule has 94 valence electrons. The van der Waals surface area contributed by atoms with Gasteiger partial charge in [-0.2, -0.15) is 24.7 Å². The molecule has 3 rings (SSSR count). The fraction of sp³-hybridized carbons (Fsp3) is 0.444. The van der Waals surface area contributed by atoms with Crippen LogP contribution in [0, 0.1) is 0 Å². The van der Waals surface area contributed by atoms with Gasteiger partial charge in [-0.1, -0.05) is 0 Å². The van der Waals surface area contributed by atoms with Gasteiger partial charge in [0.2, 0.25) is 11.9 Å². The second kappa shape index (κ2) is 3.88. The Labute approximate surface area is 103 Å². The van der Waals surface area contributed by atoms with Crippen molar-refractivity contribution in [3.8, 4) is 5.95 Å². The van der Waals surface area contributed by atoms with E-state index in [0.29, 0.717) is 11.9 Å². The van der Waals surface area contributed by atoms with Crippen LogP contribution in [0.5, 0.6) is 0 Å². The van der Waals surface area contributed by atoms with Crippen LogP contribution in [0.25, 0.3) is 5.95 Å². The number of hydrazine groups is 1. The van der Waals surface area contributed by atoms with Crippen molar-refractivity contribution in [1.29, 1.82) is 0 Å². The molecule has 2 heterocycles. The zero-order chi connectivity index (χ0) is 12.6. The fourth-order valence-corrected chi connectivity index (χ4v) is 1.48. The van der Waals surface area contributed by atoms with Crippen molar-refractivity contribution in [2.24, 2.45) is 5.84 Å². The average Bonchev–Trinajstić information content (AvgIpc) is 2.89. The molecule has 1 aliphatic carbocycles. The Kier molecular flexibility index (Phi) is 2.33. The third kappa shape index (κ3) is 2.07. The maximum absolute atomic E-state index is 5.34. The van der Waals surface area contributed by atoms with Crippen molar-refractivity contribution in [2.45, 2.75) is 25.3 Å². The van der Waals surface area contributed by atoms with E-state index in [0.717, 1.165) is 12.8 Å². The highest BCUT2D eigenvalue weighted by Gasteiger charge is 2.38. The molecule has 0 aromatic carbocycles. The van der Waals surface area contributed by atoms with E-state index in [2.05, 4.69) is 42.7 Å². The zero-order valence-corrected chi connectivity index (χ0v) is 9.83. The Morgan fingerprint density at radius 3 is 2.67 bits per heavy atom. The highest BCUT2D eigenvalue weighted by Crippen LogP contribution is 2.37. The second-order valence-corrected chi connectivity index (χ2v) is 4.45. The molecule has 0 aliphatic heterocycles. The summed E-state index contributed by atoms with van der Waals surface area (Å²) in [5, 5.41) is 7.22. The van der Waals surface area contributed by atoms with Gasteiger partial charge in [-0.3, -0.25) is 5.43 Å². The van der Waals surface area contributed by atoms with E-state index in [1.165, 1.54) is 17.3 Å². The summed E-state index contributed by atoms with van der Waals surface area (Å²) >= 11 is 0. The monoisotopic (exact) mass is 247 g/mol. The Morgan fingerprint density at radius 2 is 2.06 bits per heavy atom. The molecule has 0 unspecified atom stereocenters. The van der Waals surface area contributed by atoms with Crippen LogP contribution in [-0.4, -0.2) is 35.3 Å². The highest BCUT2D eigenvalue weighted by molar-refractivity contribution is 5.40. The summed E-state index contributed by atoms with van der Waals surface area (Å²) in [4.78, 5) is 16.4. The summed E-state index contributed by atoms with van der Waals surface area (Å²) in [6.07, 6.45) is 5.12. The molecule has 0 bridgehead atoms. The molecule has 0 saturated heterocycles. The van der Waals surface area contributed by atoms with Crippen molar-refractivity contribution < 1.29 is 0 Å². The zero-order valence-electron chi connectivity index (χ0n) is 9.83. The van der Waals surface area contributed by atoms with Gasteiger partial charge >= 0.3 is 0 Å². The van der Waals surface area contributed by atoms with Crippen molar-refractivity contribution in [3.05, 3.63) is 12.7 Å². The van der Waals surface area contributed by atoms with E-state index in [-0.39, 0.29) is 11.5 Å². The van der Waals surface area contributed by atoms with E-state index in [4.69, 9.17) is 5.84 Å². The molecule has 9 heteroatoms. The van der Waals surface area contributed by atoms with Crippen LogP contribution < -0.4 is 16.6 Å². The lowest BCUT2D eigenvalue weighted by atomic mass is 10.3. The minimum atomic E-state index is 0.0762. The van der Waals surface area contributed by atoms with Crippen molar-refractivity contribution >= 4 is 11.9 Å². The standard InChI is InChI=1S/C9H13N9/c1-9(2-3-9)16-6-13-7(17-10)15-8(14-6)18-5-11-4-12-18/h4-5H,2-3,10H2,1H3,(H2,13,14,15,16,17). The Bertz CT molecular complexity index is 545.